The van der Waals surface area contributed by atoms with Crippen LogP contribution in [0, 0.1) is 0 Å². The largest absolute Gasteiger partial charge is 0.484 e. The van der Waals surface area contributed by atoms with Gasteiger partial charge >= 0.3 is 0 Å². The van der Waals surface area contributed by atoms with Crippen molar-refractivity contribution in [2.45, 2.75) is 32.5 Å². The third-order valence-corrected chi connectivity index (χ3v) is 6.87. The van der Waals surface area contributed by atoms with E-state index < -0.39 is 0 Å². The van der Waals surface area contributed by atoms with Gasteiger partial charge in [0.2, 0.25) is 5.91 Å². The predicted molar refractivity (Wildman–Crippen MR) is 150 cm³/mol. The predicted octanol–water partition coefficient (Wildman–Crippen LogP) is 5.53. The molecule has 0 aliphatic carbocycles. The Morgan fingerprint density at radius 1 is 0.846 bits per heavy atom. The van der Waals surface area contributed by atoms with Crippen LogP contribution in [0.4, 0.5) is 0 Å². The molecule has 0 saturated carbocycles. The van der Waals surface area contributed by atoms with E-state index in [1.807, 2.05) is 110 Å². The van der Waals surface area contributed by atoms with Crippen molar-refractivity contribution in [3.63, 3.8) is 0 Å². The zero-order valence-corrected chi connectivity index (χ0v) is 22.3. The molecule has 1 aromatic heterocycles. The maximum absolute atomic E-state index is 13.8. The lowest BCUT2D eigenvalue weighted by Crippen LogP contribution is -2.50. The number of amides is 2. The Morgan fingerprint density at radius 3 is 2.26 bits per heavy atom. The number of hydrogen-bond donors (Lipinski definition) is 0. The zero-order chi connectivity index (χ0) is 27.2. The van der Waals surface area contributed by atoms with Gasteiger partial charge in [0.25, 0.3) is 5.91 Å². The standard InChI is InChI=1S/C32H33N3O4/c1-24(2)35(31(37)23-38-26-12-5-3-6-13-26)22-30(36)34-20-19-33-18-10-17-29(33)32(34)25-11-9-16-28(21-25)39-27-14-7-4-8-15-27/h3-18,21,24,32H,19-20,22-23H2,1-2H3. The lowest BCUT2D eigenvalue weighted by atomic mass is 9.99. The summed E-state index contributed by atoms with van der Waals surface area (Å²) < 4.78 is 13.9. The fourth-order valence-corrected chi connectivity index (χ4v) is 4.92. The molecule has 0 N–H and O–H groups in total. The number of carbonyl (C=O) groups is 2. The van der Waals surface area contributed by atoms with Gasteiger partial charge in [-0.2, -0.15) is 0 Å². The summed E-state index contributed by atoms with van der Waals surface area (Å²) in [5.41, 5.74) is 1.98. The number of benzene rings is 3. The van der Waals surface area contributed by atoms with Crippen LogP contribution < -0.4 is 9.47 Å². The maximum atomic E-state index is 13.8. The number of rotatable bonds is 9. The molecule has 7 heteroatoms. The summed E-state index contributed by atoms with van der Waals surface area (Å²) >= 11 is 0. The third-order valence-electron chi connectivity index (χ3n) is 6.87. The molecule has 0 radical (unpaired) electrons. The molecule has 1 unspecified atom stereocenters. The molecule has 0 fully saturated rings. The van der Waals surface area contributed by atoms with Crippen LogP contribution in [0.25, 0.3) is 0 Å². The number of fused-ring (bicyclic) bond motifs is 1. The van der Waals surface area contributed by atoms with Crippen molar-refractivity contribution in [3.8, 4) is 17.2 Å². The first-order chi connectivity index (χ1) is 19.0. The van der Waals surface area contributed by atoms with Crippen LogP contribution in [0.2, 0.25) is 0 Å². The van der Waals surface area contributed by atoms with Crippen molar-refractivity contribution >= 4 is 11.8 Å². The second-order valence-electron chi connectivity index (χ2n) is 9.82. The SMILES string of the molecule is CC(C)N(CC(=O)N1CCn2cccc2C1c1cccc(Oc2ccccc2)c1)C(=O)COc1ccccc1. The minimum absolute atomic E-state index is 0.0218. The molecule has 4 aromatic rings. The van der Waals surface area contributed by atoms with Crippen molar-refractivity contribution in [2.75, 3.05) is 19.7 Å². The van der Waals surface area contributed by atoms with Gasteiger partial charge in [-0.25, -0.2) is 0 Å². The molecular formula is C32H33N3O4. The summed E-state index contributed by atoms with van der Waals surface area (Å²) in [7, 11) is 0. The van der Waals surface area contributed by atoms with E-state index in [9.17, 15) is 9.59 Å². The minimum atomic E-state index is -0.301. The van der Waals surface area contributed by atoms with E-state index in [2.05, 4.69) is 4.57 Å². The van der Waals surface area contributed by atoms with Crippen LogP contribution >= 0.6 is 0 Å². The van der Waals surface area contributed by atoms with E-state index in [1.165, 1.54) is 0 Å². The van der Waals surface area contributed by atoms with Crippen molar-refractivity contribution < 1.29 is 19.1 Å². The zero-order valence-electron chi connectivity index (χ0n) is 22.3. The van der Waals surface area contributed by atoms with E-state index in [0.29, 0.717) is 24.6 Å². The number of para-hydroxylation sites is 2. The van der Waals surface area contributed by atoms with Gasteiger partial charge in [0.1, 0.15) is 23.8 Å². The Labute approximate surface area is 229 Å². The number of ether oxygens (including phenoxy) is 2. The molecule has 7 nitrogen and oxygen atoms in total. The van der Waals surface area contributed by atoms with Gasteiger partial charge in [0.15, 0.2) is 6.61 Å². The van der Waals surface area contributed by atoms with Gasteiger partial charge in [-0.05, 0) is 67.9 Å². The van der Waals surface area contributed by atoms with Crippen LogP contribution in [0.5, 0.6) is 17.2 Å². The lowest BCUT2D eigenvalue weighted by Gasteiger charge is -2.39. The summed E-state index contributed by atoms with van der Waals surface area (Å²) in [6.07, 6.45) is 2.04. The molecule has 1 atom stereocenters. The molecular weight excluding hydrogens is 490 g/mol. The summed E-state index contributed by atoms with van der Waals surface area (Å²) in [4.78, 5) is 30.4. The van der Waals surface area contributed by atoms with Gasteiger partial charge in [-0.15, -0.1) is 0 Å². The second-order valence-corrected chi connectivity index (χ2v) is 9.82. The molecule has 0 bridgehead atoms. The van der Waals surface area contributed by atoms with E-state index in [-0.39, 0.29) is 37.0 Å². The molecule has 3 aromatic carbocycles. The summed E-state index contributed by atoms with van der Waals surface area (Å²) in [5.74, 6) is 1.74. The molecule has 2 amide bonds. The number of hydrogen-bond acceptors (Lipinski definition) is 4. The molecule has 0 saturated heterocycles. The fraction of sp³-hybridized carbons (Fsp3) is 0.250. The number of carbonyl (C=O) groups excluding carboxylic acids is 2. The molecule has 0 spiro atoms. The molecule has 1 aliphatic rings. The molecule has 39 heavy (non-hydrogen) atoms. The van der Waals surface area contributed by atoms with E-state index in [0.717, 1.165) is 17.0 Å². The molecule has 5 rings (SSSR count). The first kappa shape index (κ1) is 26.1. The smallest absolute Gasteiger partial charge is 0.261 e. The van der Waals surface area contributed by atoms with Crippen LogP contribution in [0.3, 0.4) is 0 Å². The number of nitrogens with zero attached hydrogens (tertiary/aromatic N) is 3. The average Bonchev–Trinajstić information content (AvgIpc) is 3.44. The van der Waals surface area contributed by atoms with Crippen LogP contribution in [-0.4, -0.2) is 51.9 Å². The van der Waals surface area contributed by atoms with Crippen LogP contribution in [0.1, 0.15) is 31.1 Å². The fourth-order valence-electron chi connectivity index (χ4n) is 4.92. The highest BCUT2D eigenvalue weighted by atomic mass is 16.5. The highest BCUT2D eigenvalue weighted by molar-refractivity contribution is 5.86. The average molecular weight is 524 g/mol. The Hall–Kier alpha value is -4.52. The monoisotopic (exact) mass is 523 g/mol. The van der Waals surface area contributed by atoms with Gasteiger partial charge in [-0.1, -0.05) is 48.5 Å². The summed E-state index contributed by atoms with van der Waals surface area (Å²) in [6.45, 7) is 4.91. The van der Waals surface area contributed by atoms with Gasteiger partial charge < -0.3 is 23.8 Å². The minimum Gasteiger partial charge on any atom is -0.484 e. The normalized spacial score (nSPS) is 14.5. The quantitative estimate of drug-likeness (QED) is 0.290. The summed E-state index contributed by atoms with van der Waals surface area (Å²) in [6, 6.07) is 30.3. The van der Waals surface area contributed by atoms with Crippen LogP contribution in [0.15, 0.2) is 103 Å². The van der Waals surface area contributed by atoms with E-state index >= 15 is 0 Å². The van der Waals surface area contributed by atoms with Gasteiger partial charge in [0, 0.05) is 31.0 Å². The molecule has 1 aliphatic heterocycles. The first-order valence-electron chi connectivity index (χ1n) is 13.2. The Kier molecular flexibility index (Phi) is 7.96. The van der Waals surface area contributed by atoms with E-state index in [4.69, 9.17) is 9.47 Å². The lowest BCUT2D eigenvalue weighted by molar-refractivity contribution is -0.144. The second kappa shape index (κ2) is 11.9. The Bertz CT molecular complexity index is 1400. The first-order valence-corrected chi connectivity index (χ1v) is 13.2. The highest BCUT2D eigenvalue weighted by Gasteiger charge is 2.34. The topological polar surface area (TPSA) is 64.0 Å². The third kappa shape index (κ3) is 6.14. The highest BCUT2D eigenvalue weighted by Crippen LogP contribution is 2.35. The maximum Gasteiger partial charge on any atom is 0.261 e. The molecule has 200 valence electrons. The van der Waals surface area contributed by atoms with Gasteiger partial charge in [0.05, 0.1) is 6.04 Å². The van der Waals surface area contributed by atoms with Crippen molar-refractivity contribution in [2.24, 2.45) is 0 Å². The van der Waals surface area contributed by atoms with E-state index in [1.54, 1.807) is 17.0 Å². The van der Waals surface area contributed by atoms with Crippen molar-refractivity contribution in [1.29, 1.82) is 0 Å². The Morgan fingerprint density at radius 2 is 1.54 bits per heavy atom. The van der Waals surface area contributed by atoms with Crippen molar-refractivity contribution in [3.05, 3.63) is 115 Å². The Balaban J connectivity index is 1.36. The summed E-state index contributed by atoms with van der Waals surface area (Å²) in [5, 5.41) is 0. The van der Waals surface area contributed by atoms with Gasteiger partial charge in [-0.3, -0.25) is 9.59 Å². The van der Waals surface area contributed by atoms with Crippen molar-refractivity contribution in [1.82, 2.24) is 14.4 Å². The molecule has 2 heterocycles. The van der Waals surface area contributed by atoms with Crippen LogP contribution in [-0.2, 0) is 16.1 Å². The number of aromatic nitrogens is 1.